The first-order valence-corrected chi connectivity index (χ1v) is 8.29. The number of carbonyl (C=O) groups excluding carboxylic acids is 2. The van der Waals surface area contributed by atoms with E-state index < -0.39 is 24.8 Å². The summed E-state index contributed by atoms with van der Waals surface area (Å²) in [7, 11) is -3.85. The van der Waals surface area contributed by atoms with E-state index in [1.165, 1.54) is 13.8 Å². The maximum atomic E-state index is 11.8. The van der Waals surface area contributed by atoms with E-state index in [2.05, 4.69) is 5.32 Å². The van der Waals surface area contributed by atoms with E-state index in [-0.39, 0.29) is 12.8 Å². The van der Waals surface area contributed by atoms with Crippen LogP contribution in [0.15, 0.2) is 30.3 Å². The zero-order valence-corrected chi connectivity index (χ0v) is 12.8. The molecule has 0 fully saturated rings. The van der Waals surface area contributed by atoms with E-state index in [4.69, 9.17) is 0 Å². The molecule has 7 nitrogen and oxygen atoms in total. The van der Waals surface area contributed by atoms with Gasteiger partial charge in [-0.2, -0.15) is 0 Å². The fraction of sp³-hybridized carbons (Fsp3) is 0.385. The van der Waals surface area contributed by atoms with E-state index >= 15 is 0 Å². The van der Waals surface area contributed by atoms with Crippen LogP contribution in [0.1, 0.15) is 24.2 Å². The summed E-state index contributed by atoms with van der Waals surface area (Å²) in [4.78, 5) is 33.0. The number of hydrogen-bond acceptors (Lipinski definition) is 5. The van der Waals surface area contributed by atoms with Gasteiger partial charge in [-0.1, -0.05) is 25.1 Å². The average molecular weight is 314 g/mol. The SMILES string of the molecule is CCP(=O)(O)C(=O)C(C)NCN(O)C(=O)c1ccccc1. The summed E-state index contributed by atoms with van der Waals surface area (Å²) in [5, 5.41) is 12.6. The molecule has 116 valence electrons. The normalized spacial score (nSPS) is 15.0. The monoisotopic (exact) mass is 314 g/mol. The summed E-state index contributed by atoms with van der Waals surface area (Å²) in [5.41, 5.74) is -0.535. The fourth-order valence-electron chi connectivity index (χ4n) is 1.57. The number of carbonyl (C=O) groups is 2. The summed E-state index contributed by atoms with van der Waals surface area (Å²) in [6.07, 6.45) is -0.149. The van der Waals surface area contributed by atoms with Crippen LogP contribution in [-0.4, -0.2) is 45.5 Å². The molecule has 0 aliphatic carbocycles. The van der Waals surface area contributed by atoms with Gasteiger partial charge in [-0.15, -0.1) is 0 Å². The van der Waals surface area contributed by atoms with Gasteiger partial charge in [-0.25, -0.2) is 5.06 Å². The van der Waals surface area contributed by atoms with Crippen molar-refractivity contribution < 1.29 is 24.3 Å². The van der Waals surface area contributed by atoms with Crippen molar-refractivity contribution >= 4 is 18.8 Å². The van der Waals surface area contributed by atoms with Crippen LogP contribution in [-0.2, 0) is 9.36 Å². The van der Waals surface area contributed by atoms with Crippen molar-refractivity contribution in [1.29, 1.82) is 0 Å². The summed E-state index contributed by atoms with van der Waals surface area (Å²) < 4.78 is 11.5. The van der Waals surface area contributed by atoms with Crippen LogP contribution in [0.5, 0.6) is 0 Å². The second-order valence-corrected chi connectivity index (χ2v) is 6.99. The summed E-state index contributed by atoms with van der Waals surface area (Å²) >= 11 is 0. The summed E-state index contributed by atoms with van der Waals surface area (Å²) in [6.45, 7) is 2.52. The van der Waals surface area contributed by atoms with Crippen LogP contribution in [0.3, 0.4) is 0 Å². The Hall–Kier alpha value is -1.53. The van der Waals surface area contributed by atoms with Crippen LogP contribution in [0.25, 0.3) is 0 Å². The molecule has 0 saturated carbocycles. The number of amides is 1. The zero-order valence-electron chi connectivity index (χ0n) is 11.9. The Morgan fingerprint density at radius 1 is 1.33 bits per heavy atom. The molecule has 1 rings (SSSR count). The fourth-order valence-corrected chi connectivity index (χ4v) is 2.58. The van der Waals surface area contributed by atoms with Gasteiger partial charge >= 0.3 is 0 Å². The zero-order chi connectivity index (χ0) is 16.0. The Bertz CT molecular complexity index is 549. The molecule has 0 aliphatic heterocycles. The Morgan fingerprint density at radius 2 is 1.90 bits per heavy atom. The lowest BCUT2D eigenvalue weighted by Crippen LogP contribution is -2.43. The molecular weight excluding hydrogens is 295 g/mol. The third kappa shape index (κ3) is 4.75. The number of nitrogens with one attached hydrogen (secondary N) is 1. The van der Waals surface area contributed by atoms with Gasteiger partial charge in [0.25, 0.3) is 13.3 Å². The third-order valence-corrected chi connectivity index (χ3v) is 4.88. The number of hydroxylamine groups is 2. The van der Waals surface area contributed by atoms with E-state index in [1.54, 1.807) is 30.3 Å². The van der Waals surface area contributed by atoms with Gasteiger partial charge in [-0.05, 0) is 19.1 Å². The van der Waals surface area contributed by atoms with Crippen LogP contribution >= 0.6 is 7.37 Å². The first-order chi connectivity index (χ1) is 9.79. The minimum Gasteiger partial charge on any atom is -0.339 e. The number of nitrogens with zero attached hydrogens (tertiary/aromatic N) is 1. The summed E-state index contributed by atoms with van der Waals surface area (Å²) in [5.74, 6) is -0.634. The van der Waals surface area contributed by atoms with Gasteiger partial charge in [-0.3, -0.25) is 24.7 Å². The highest BCUT2D eigenvalue weighted by Gasteiger charge is 2.31. The van der Waals surface area contributed by atoms with Crippen molar-refractivity contribution in [3.8, 4) is 0 Å². The van der Waals surface area contributed by atoms with E-state index in [0.29, 0.717) is 10.6 Å². The molecule has 2 unspecified atom stereocenters. The van der Waals surface area contributed by atoms with Crippen molar-refractivity contribution in [1.82, 2.24) is 10.4 Å². The standard InChI is InChI=1S/C13H19N2O5P/c1-3-21(19,20)13(17)10(2)14-9-15(18)12(16)11-7-5-4-6-8-11/h4-8,10,14,18H,3,9H2,1-2H3,(H,19,20). The smallest absolute Gasteiger partial charge is 0.278 e. The molecule has 0 heterocycles. The second kappa shape index (κ2) is 7.47. The van der Waals surface area contributed by atoms with Crippen LogP contribution in [0.2, 0.25) is 0 Å². The molecule has 1 aromatic carbocycles. The van der Waals surface area contributed by atoms with Gasteiger partial charge < -0.3 is 4.89 Å². The van der Waals surface area contributed by atoms with E-state index in [9.17, 15) is 24.3 Å². The molecule has 1 amide bonds. The minimum atomic E-state index is -3.85. The van der Waals surface area contributed by atoms with Gasteiger partial charge in [0.1, 0.15) is 0 Å². The topological polar surface area (TPSA) is 107 Å². The maximum Gasteiger partial charge on any atom is 0.278 e. The molecule has 0 radical (unpaired) electrons. The van der Waals surface area contributed by atoms with Crippen LogP contribution in [0.4, 0.5) is 0 Å². The predicted molar refractivity (Wildman–Crippen MR) is 77.2 cm³/mol. The first-order valence-electron chi connectivity index (χ1n) is 6.45. The molecule has 0 aromatic heterocycles. The molecule has 0 bridgehead atoms. The first kappa shape index (κ1) is 17.5. The minimum absolute atomic E-state index is 0.149. The van der Waals surface area contributed by atoms with Crippen LogP contribution < -0.4 is 5.32 Å². The molecule has 1 aromatic rings. The molecular formula is C13H19N2O5P. The molecule has 0 spiro atoms. The highest BCUT2D eigenvalue weighted by molar-refractivity contribution is 7.75. The molecule has 3 N–H and O–H groups in total. The highest BCUT2D eigenvalue weighted by Crippen LogP contribution is 2.41. The van der Waals surface area contributed by atoms with Crippen molar-refractivity contribution in [2.75, 3.05) is 12.8 Å². The van der Waals surface area contributed by atoms with Gasteiger partial charge in [0.15, 0.2) is 0 Å². The molecule has 21 heavy (non-hydrogen) atoms. The Labute approximate surface area is 123 Å². The van der Waals surface area contributed by atoms with Gasteiger partial charge in [0.05, 0.1) is 12.7 Å². The molecule has 0 saturated heterocycles. The number of benzene rings is 1. The third-order valence-electron chi connectivity index (χ3n) is 2.95. The quantitative estimate of drug-likeness (QED) is 0.303. The Kier molecular flexibility index (Phi) is 6.23. The lowest BCUT2D eigenvalue weighted by atomic mass is 10.2. The molecule has 2 atom stereocenters. The van der Waals surface area contributed by atoms with E-state index in [0.717, 1.165) is 0 Å². The summed E-state index contributed by atoms with van der Waals surface area (Å²) in [6, 6.07) is 7.19. The predicted octanol–water partition coefficient (Wildman–Crippen LogP) is 1.27. The van der Waals surface area contributed by atoms with Crippen molar-refractivity contribution in [2.45, 2.75) is 19.9 Å². The van der Waals surface area contributed by atoms with Crippen LogP contribution in [0, 0.1) is 0 Å². The number of rotatable bonds is 7. The highest BCUT2D eigenvalue weighted by atomic mass is 31.2. The van der Waals surface area contributed by atoms with Crippen molar-refractivity contribution in [2.24, 2.45) is 0 Å². The maximum absolute atomic E-state index is 11.8. The number of hydrogen-bond donors (Lipinski definition) is 3. The Balaban J connectivity index is 2.57. The average Bonchev–Trinajstić information content (AvgIpc) is 2.51. The van der Waals surface area contributed by atoms with E-state index in [1.807, 2.05) is 0 Å². The second-order valence-electron chi connectivity index (χ2n) is 4.51. The molecule has 0 aliphatic rings. The lowest BCUT2D eigenvalue weighted by Gasteiger charge is -2.20. The van der Waals surface area contributed by atoms with Crippen molar-refractivity contribution in [3.63, 3.8) is 0 Å². The van der Waals surface area contributed by atoms with Gasteiger partial charge in [0.2, 0.25) is 5.52 Å². The van der Waals surface area contributed by atoms with Crippen molar-refractivity contribution in [3.05, 3.63) is 35.9 Å². The Morgan fingerprint density at radius 3 is 2.43 bits per heavy atom. The largest absolute Gasteiger partial charge is 0.339 e. The van der Waals surface area contributed by atoms with Gasteiger partial charge in [0, 0.05) is 11.7 Å². The lowest BCUT2D eigenvalue weighted by molar-refractivity contribution is -0.115. The molecule has 8 heteroatoms.